The molecule has 3 rings (SSSR count). The summed E-state index contributed by atoms with van der Waals surface area (Å²) in [6.45, 7) is 2.17. The van der Waals surface area contributed by atoms with Crippen molar-refractivity contribution in [3.05, 3.63) is 59.7 Å². The monoisotopic (exact) mass is 330 g/mol. The van der Waals surface area contributed by atoms with Crippen LogP contribution in [0.15, 0.2) is 42.5 Å². The molecule has 1 unspecified atom stereocenters. The highest BCUT2D eigenvalue weighted by Gasteiger charge is 2.27. The molecule has 0 bridgehead atoms. The lowest BCUT2D eigenvalue weighted by Crippen LogP contribution is -2.30. The van der Waals surface area contributed by atoms with Crippen LogP contribution in [0.25, 0.3) is 11.1 Å². The molecule has 3 nitrogen and oxygen atoms in total. The molecule has 0 aromatic heterocycles. The number of hydrogen-bond acceptors (Lipinski definition) is 2. The van der Waals surface area contributed by atoms with E-state index in [9.17, 15) is 13.6 Å². The van der Waals surface area contributed by atoms with E-state index in [2.05, 4.69) is 5.32 Å². The number of nitrogens with one attached hydrogen (secondary N) is 1. The Morgan fingerprint density at radius 2 is 1.88 bits per heavy atom. The van der Waals surface area contributed by atoms with E-state index in [0.29, 0.717) is 30.1 Å². The molecule has 0 saturated carbocycles. The van der Waals surface area contributed by atoms with Crippen molar-refractivity contribution >= 4 is 5.91 Å². The number of benzene rings is 2. The maximum absolute atomic E-state index is 14.4. The van der Waals surface area contributed by atoms with Gasteiger partial charge < -0.3 is 10.2 Å². The summed E-state index contributed by atoms with van der Waals surface area (Å²) in [7, 11) is 1.89. The maximum Gasteiger partial charge on any atom is 0.256 e. The molecule has 5 heteroatoms. The molecule has 1 aliphatic rings. The second-order valence-corrected chi connectivity index (χ2v) is 6.17. The van der Waals surface area contributed by atoms with E-state index in [4.69, 9.17) is 0 Å². The zero-order chi connectivity index (χ0) is 17.1. The Labute approximate surface area is 140 Å². The van der Waals surface area contributed by atoms with Gasteiger partial charge in [0.25, 0.3) is 5.91 Å². The molecule has 1 amide bonds. The number of hydrogen-bond donors (Lipinski definition) is 1. The first-order valence-electron chi connectivity index (χ1n) is 8.08. The molecule has 1 heterocycles. The summed E-state index contributed by atoms with van der Waals surface area (Å²) in [6, 6.07) is 10.4. The molecule has 0 aliphatic carbocycles. The van der Waals surface area contributed by atoms with Gasteiger partial charge in [-0.25, -0.2) is 8.78 Å². The zero-order valence-electron chi connectivity index (χ0n) is 13.6. The van der Waals surface area contributed by atoms with Crippen LogP contribution in [0.5, 0.6) is 0 Å². The number of rotatable bonds is 4. The highest BCUT2D eigenvalue weighted by Crippen LogP contribution is 2.24. The Hall–Kier alpha value is -2.27. The van der Waals surface area contributed by atoms with Crippen LogP contribution >= 0.6 is 0 Å². The quantitative estimate of drug-likeness (QED) is 0.933. The van der Waals surface area contributed by atoms with Crippen molar-refractivity contribution in [3.63, 3.8) is 0 Å². The molecule has 126 valence electrons. The third kappa shape index (κ3) is 3.46. The van der Waals surface area contributed by atoms with Crippen molar-refractivity contribution < 1.29 is 13.6 Å². The van der Waals surface area contributed by atoms with Crippen molar-refractivity contribution in [1.29, 1.82) is 0 Å². The van der Waals surface area contributed by atoms with Crippen LogP contribution in [0.2, 0.25) is 0 Å². The van der Waals surface area contributed by atoms with E-state index in [1.54, 1.807) is 23.1 Å². The van der Waals surface area contributed by atoms with Gasteiger partial charge in [-0.1, -0.05) is 18.2 Å². The summed E-state index contributed by atoms with van der Waals surface area (Å²) in [4.78, 5) is 14.2. The SMILES string of the molecule is CNCC1CCN(C(=O)c2ccc(-c3ccc(F)cc3)cc2F)C1. The predicted octanol–water partition coefficient (Wildman–Crippen LogP) is 3.31. The topological polar surface area (TPSA) is 32.3 Å². The number of amides is 1. The summed E-state index contributed by atoms with van der Waals surface area (Å²) in [5.41, 5.74) is 1.43. The lowest BCUT2D eigenvalue weighted by Gasteiger charge is -2.17. The van der Waals surface area contributed by atoms with Crippen molar-refractivity contribution in [1.82, 2.24) is 10.2 Å². The third-order valence-corrected chi connectivity index (χ3v) is 4.44. The minimum Gasteiger partial charge on any atom is -0.338 e. The van der Waals surface area contributed by atoms with E-state index in [1.807, 2.05) is 7.05 Å². The second kappa shape index (κ2) is 7.09. The Kier molecular flexibility index (Phi) is 4.90. The molecule has 1 aliphatic heterocycles. The van der Waals surface area contributed by atoms with Gasteiger partial charge in [-0.2, -0.15) is 0 Å². The highest BCUT2D eigenvalue weighted by atomic mass is 19.1. The molecule has 2 aromatic carbocycles. The van der Waals surface area contributed by atoms with Gasteiger partial charge in [-0.3, -0.25) is 4.79 Å². The molecule has 0 spiro atoms. The standard InChI is InChI=1S/C19H20F2N2O/c1-22-11-13-8-9-23(12-13)19(24)17-7-4-15(10-18(17)21)14-2-5-16(20)6-3-14/h2-7,10,13,22H,8-9,11-12H2,1H3. The smallest absolute Gasteiger partial charge is 0.256 e. The van der Waals surface area contributed by atoms with Gasteiger partial charge in [0.1, 0.15) is 11.6 Å². The van der Waals surface area contributed by atoms with Crippen molar-refractivity contribution in [2.45, 2.75) is 6.42 Å². The van der Waals surface area contributed by atoms with Crippen LogP contribution in [-0.4, -0.2) is 37.5 Å². The van der Waals surface area contributed by atoms with E-state index < -0.39 is 5.82 Å². The van der Waals surface area contributed by atoms with Gasteiger partial charge in [0.15, 0.2) is 0 Å². The lowest BCUT2D eigenvalue weighted by atomic mass is 10.0. The Bertz CT molecular complexity index is 731. The summed E-state index contributed by atoms with van der Waals surface area (Å²) in [5.74, 6) is -0.729. The fraction of sp³-hybridized carbons (Fsp3) is 0.316. The van der Waals surface area contributed by atoms with Gasteiger partial charge >= 0.3 is 0 Å². The van der Waals surface area contributed by atoms with Crippen LogP contribution < -0.4 is 5.32 Å². The summed E-state index contributed by atoms with van der Waals surface area (Å²) >= 11 is 0. The fourth-order valence-corrected chi connectivity index (χ4v) is 3.15. The highest BCUT2D eigenvalue weighted by molar-refractivity contribution is 5.95. The lowest BCUT2D eigenvalue weighted by molar-refractivity contribution is 0.0782. The number of carbonyl (C=O) groups is 1. The van der Waals surface area contributed by atoms with Crippen LogP contribution in [-0.2, 0) is 0 Å². The molecule has 1 atom stereocenters. The predicted molar refractivity (Wildman–Crippen MR) is 89.7 cm³/mol. The summed E-state index contributed by atoms with van der Waals surface area (Å²) < 4.78 is 27.4. The number of carbonyl (C=O) groups excluding carboxylic acids is 1. The van der Waals surface area contributed by atoms with Crippen LogP contribution in [0.4, 0.5) is 8.78 Å². The fourth-order valence-electron chi connectivity index (χ4n) is 3.15. The Morgan fingerprint density at radius 1 is 1.17 bits per heavy atom. The minimum atomic E-state index is -0.543. The Morgan fingerprint density at radius 3 is 2.54 bits per heavy atom. The van der Waals surface area contributed by atoms with Crippen molar-refractivity contribution in [3.8, 4) is 11.1 Å². The largest absolute Gasteiger partial charge is 0.338 e. The first kappa shape index (κ1) is 16.6. The second-order valence-electron chi connectivity index (χ2n) is 6.17. The van der Waals surface area contributed by atoms with Gasteiger partial charge in [-0.05, 0) is 61.3 Å². The molecule has 2 aromatic rings. The molecule has 1 fully saturated rings. The first-order chi connectivity index (χ1) is 11.6. The van der Waals surface area contributed by atoms with Crippen molar-refractivity contribution in [2.75, 3.05) is 26.7 Å². The third-order valence-electron chi connectivity index (χ3n) is 4.44. The molecule has 1 saturated heterocycles. The van der Waals surface area contributed by atoms with Crippen LogP contribution in [0.3, 0.4) is 0 Å². The molecule has 1 N–H and O–H groups in total. The zero-order valence-corrected chi connectivity index (χ0v) is 13.6. The first-order valence-corrected chi connectivity index (χ1v) is 8.08. The normalized spacial score (nSPS) is 17.3. The molecule has 0 radical (unpaired) electrons. The number of halogens is 2. The number of likely N-dealkylation sites (tertiary alicyclic amines) is 1. The average Bonchev–Trinajstić information content (AvgIpc) is 3.04. The van der Waals surface area contributed by atoms with E-state index in [-0.39, 0.29) is 17.3 Å². The molecular formula is C19H20F2N2O. The molecular weight excluding hydrogens is 310 g/mol. The van der Waals surface area contributed by atoms with Crippen LogP contribution in [0, 0.1) is 17.6 Å². The summed E-state index contributed by atoms with van der Waals surface area (Å²) in [6.07, 6.45) is 0.932. The van der Waals surface area contributed by atoms with Crippen LogP contribution in [0.1, 0.15) is 16.8 Å². The van der Waals surface area contributed by atoms with Gasteiger partial charge in [0.2, 0.25) is 0 Å². The van der Waals surface area contributed by atoms with E-state index in [1.165, 1.54) is 24.3 Å². The van der Waals surface area contributed by atoms with E-state index in [0.717, 1.165) is 13.0 Å². The molecule has 24 heavy (non-hydrogen) atoms. The van der Waals surface area contributed by atoms with E-state index >= 15 is 0 Å². The summed E-state index contributed by atoms with van der Waals surface area (Å²) in [5, 5.41) is 3.11. The van der Waals surface area contributed by atoms with Gasteiger partial charge in [0.05, 0.1) is 5.56 Å². The minimum absolute atomic E-state index is 0.0889. The Balaban J connectivity index is 1.77. The average molecular weight is 330 g/mol. The number of nitrogens with zero attached hydrogens (tertiary/aromatic N) is 1. The van der Waals surface area contributed by atoms with Crippen molar-refractivity contribution in [2.24, 2.45) is 5.92 Å². The van der Waals surface area contributed by atoms with Gasteiger partial charge in [-0.15, -0.1) is 0 Å². The maximum atomic E-state index is 14.4. The van der Waals surface area contributed by atoms with Gasteiger partial charge in [0, 0.05) is 13.1 Å².